The van der Waals surface area contributed by atoms with Gasteiger partial charge in [-0.2, -0.15) is 0 Å². The maximum absolute atomic E-state index is 11.9. The highest BCUT2D eigenvalue weighted by Crippen LogP contribution is 2.15. The first-order valence-corrected chi connectivity index (χ1v) is 7.61. The molecule has 3 N–H and O–H groups in total. The smallest absolute Gasteiger partial charge is 0.319 e. The molecule has 1 aromatic rings. The molecule has 0 spiro atoms. The van der Waals surface area contributed by atoms with Crippen LogP contribution in [-0.2, 0) is 0 Å². The van der Waals surface area contributed by atoms with Gasteiger partial charge in [-0.1, -0.05) is 17.7 Å². The van der Waals surface area contributed by atoms with E-state index in [-0.39, 0.29) is 6.03 Å². The van der Waals surface area contributed by atoms with Crippen molar-refractivity contribution in [1.82, 2.24) is 5.32 Å². The number of hydrogen-bond acceptors (Lipinski definition) is 1. The van der Waals surface area contributed by atoms with Crippen LogP contribution in [0.15, 0.2) is 18.2 Å². The zero-order valence-electron chi connectivity index (χ0n) is 12.6. The number of hydrogen-bond donors (Lipinski definition) is 3. The lowest BCUT2D eigenvalue weighted by Gasteiger charge is -2.23. The number of amides is 2. The maximum Gasteiger partial charge on any atom is 0.319 e. The molecule has 1 fully saturated rings. The van der Waals surface area contributed by atoms with Gasteiger partial charge in [0.05, 0.1) is 26.2 Å². The number of carbonyl (C=O) groups is 1. The fourth-order valence-corrected chi connectivity index (χ4v) is 2.77. The molecule has 0 atom stereocenters. The van der Waals surface area contributed by atoms with Crippen LogP contribution in [0.5, 0.6) is 0 Å². The Morgan fingerprint density at radius 3 is 2.65 bits per heavy atom. The molecule has 0 radical (unpaired) electrons. The molecule has 20 heavy (non-hydrogen) atoms. The topological polar surface area (TPSA) is 45.6 Å². The molecular weight excluding hydrogens is 250 g/mol. The third-order valence-corrected chi connectivity index (χ3v) is 3.95. The number of urea groups is 1. The Balaban J connectivity index is 1.72. The van der Waals surface area contributed by atoms with Crippen LogP contribution in [-0.4, -0.2) is 32.2 Å². The van der Waals surface area contributed by atoms with Crippen LogP contribution in [0.2, 0.25) is 0 Å². The van der Waals surface area contributed by atoms with Crippen molar-refractivity contribution in [3.05, 3.63) is 29.3 Å². The number of quaternary nitrogens is 1. The Bertz CT molecular complexity index is 453. The Morgan fingerprint density at radius 1 is 1.20 bits per heavy atom. The van der Waals surface area contributed by atoms with Crippen molar-refractivity contribution >= 4 is 11.7 Å². The lowest BCUT2D eigenvalue weighted by molar-refractivity contribution is -0.903. The highest BCUT2D eigenvalue weighted by molar-refractivity contribution is 5.90. The first-order valence-electron chi connectivity index (χ1n) is 7.61. The Hall–Kier alpha value is -1.55. The molecule has 1 aliphatic rings. The maximum atomic E-state index is 11.9. The van der Waals surface area contributed by atoms with Crippen molar-refractivity contribution < 1.29 is 9.69 Å². The summed E-state index contributed by atoms with van der Waals surface area (Å²) in [5, 5.41) is 5.87. The average molecular weight is 276 g/mol. The molecule has 2 amide bonds. The standard InChI is InChI=1S/C16H25N3O/c1-13-6-7-15(14(2)12-13)18-16(20)17-8-11-19-9-4-3-5-10-19/h6-7,12H,3-5,8-11H2,1-2H3,(H2,17,18,20)/p+1. The minimum absolute atomic E-state index is 0.103. The summed E-state index contributed by atoms with van der Waals surface area (Å²) in [7, 11) is 0. The van der Waals surface area contributed by atoms with E-state index >= 15 is 0 Å². The summed E-state index contributed by atoms with van der Waals surface area (Å²) < 4.78 is 0. The van der Waals surface area contributed by atoms with Gasteiger partial charge in [-0.15, -0.1) is 0 Å². The van der Waals surface area contributed by atoms with Crippen LogP contribution in [0, 0.1) is 13.8 Å². The molecule has 0 saturated carbocycles. The first-order chi connectivity index (χ1) is 9.65. The van der Waals surface area contributed by atoms with E-state index in [4.69, 9.17) is 0 Å². The van der Waals surface area contributed by atoms with Crippen molar-refractivity contribution in [2.24, 2.45) is 0 Å². The minimum Gasteiger partial charge on any atom is -0.333 e. The number of carbonyl (C=O) groups excluding carboxylic acids is 1. The second kappa shape index (κ2) is 7.29. The number of rotatable bonds is 4. The number of anilines is 1. The van der Waals surface area contributed by atoms with Crippen molar-refractivity contribution in [2.75, 3.05) is 31.5 Å². The minimum atomic E-state index is -0.103. The molecule has 1 saturated heterocycles. The van der Waals surface area contributed by atoms with E-state index in [9.17, 15) is 4.79 Å². The predicted molar refractivity (Wildman–Crippen MR) is 82.4 cm³/mol. The van der Waals surface area contributed by atoms with Gasteiger partial charge in [0.1, 0.15) is 0 Å². The van der Waals surface area contributed by atoms with Crippen molar-refractivity contribution in [3.8, 4) is 0 Å². The second-order valence-electron chi connectivity index (χ2n) is 5.76. The fraction of sp³-hybridized carbons (Fsp3) is 0.562. The highest BCUT2D eigenvalue weighted by atomic mass is 16.2. The van der Waals surface area contributed by atoms with Gasteiger partial charge in [0.25, 0.3) is 0 Å². The van der Waals surface area contributed by atoms with E-state index in [0.29, 0.717) is 0 Å². The van der Waals surface area contributed by atoms with Crippen LogP contribution in [0.3, 0.4) is 0 Å². The van der Waals surface area contributed by atoms with E-state index in [1.165, 1.54) is 37.9 Å². The van der Waals surface area contributed by atoms with Gasteiger partial charge in [-0.25, -0.2) is 4.79 Å². The summed E-state index contributed by atoms with van der Waals surface area (Å²) in [5.74, 6) is 0. The van der Waals surface area contributed by atoms with Gasteiger partial charge in [-0.05, 0) is 44.7 Å². The number of benzene rings is 1. The largest absolute Gasteiger partial charge is 0.333 e. The summed E-state index contributed by atoms with van der Waals surface area (Å²) >= 11 is 0. The molecule has 0 aromatic heterocycles. The van der Waals surface area contributed by atoms with Crippen molar-refractivity contribution in [2.45, 2.75) is 33.1 Å². The van der Waals surface area contributed by atoms with Crippen LogP contribution >= 0.6 is 0 Å². The zero-order valence-corrected chi connectivity index (χ0v) is 12.6. The van der Waals surface area contributed by atoms with Crippen LogP contribution in [0.25, 0.3) is 0 Å². The SMILES string of the molecule is Cc1ccc(NC(=O)NCC[NH+]2CCCCC2)c(C)c1. The summed E-state index contributed by atoms with van der Waals surface area (Å²) in [6.07, 6.45) is 4.01. The Kier molecular flexibility index (Phi) is 5.41. The van der Waals surface area contributed by atoms with Crippen molar-refractivity contribution in [1.29, 1.82) is 0 Å². The quantitative estimate of drug-likeness (QED) is 0.766. The van der Waals surface area contributed by atoms with Gasteiger partial charge < -0.3 is 15.5 Å². The van der Waals surface area contributed by atoms with E-state index in [0.717, 1.165) is 24.3 Å². The summed E-state index contributed by atoms with van der Waals surface area (Å²) in [5.41, 5.74) is 3.20. The first kappa shape index (κ1) is 14.9. The molecule has 110 valence electrons. The predicted octanol–water partition coefficient (Wildman–Crippen LogP) is 1.49. The van der Waals surface area contributed by atoms with Gasteiger partial charge >= 0.3 is 6.03 Å². The van der Waals surface area contributed by atoms with Crippen LogP contribution in [0.4, 0.5) is 10.5 Å². The Morgan fingerprint density at radius 2 is 1.95 bits per heavy atom. The van der Waals surface area contributed by atoms with Crippen LogP contribution in [0.1, 0.15) is 30.4 Å². The molecule has 2 rings (SSSR count). The van der Waals surface area contributed by atoms with Gasteiger partial charge in [0, 0.05) is 5.69 Å². The van der Waals surface area contributed by atoms with E-state index in [1.54, 1.807) is 4.90 Å². The molecule has 4 nitrogen and oxygen atoms in total. The number of piperidine rings is 1. The lowest BCUT2D eigenvalue weighted by Crippen LogP contribution is -3.13. The van der Waals surface area contributed by atoms with E-state index in [2.05, 4.69) is 23.6 Å². The molecule has 1 aliphatic heterocycles. The molecule has 0 aliphatic carbocycles. The molecule has 1 heterocycles. The van der Waals surface area contributed by atoms with Crippen LogP contribution < -0.4 is 15.5 Å². The van der Waals surface area contributed by atoms with E-state index in [1.807, 2.05) is 19.1 Å². The van der Waals surface area contributed by atoms with Crippen molar-refractivity contribution in [3.63, 3.8) is 0 Å². The second-order valence-corrected chi connectivity index (χ2v) is 5.76. The Labute approximate surface area is 121 Å². The normalized spacial score (nSPS) is 15.9. The fourth-order valence-electron chi connectivity index (χ4n) is 2.77. The lowest BCUT2D eigenvalue weighted by atomic mass is 10.1. The molecule has 0 bridgehead atoms. The number of likely N-dealkylation sites (tertiary alicyclic amines) is 1. The number of aryl methyl sites for hydroxylation is 2. The number of nitrogens with one attached hydrogen (secondary N) is 3. The summed E-state index contributed by atoms with van der Waals surface area (Å²) in [4.78, 5) is 13.5. The third-order valence-electron chi connectivity index (χ3n) is 3.95. The summed E-state index contributed by atoms with van der Waals surface area (Å²) in [6, 6.07) is 5.95. The molecule has 1 aromatic carbocycles. The average Bonchev–Trinajstić information content (AvgIpc) is 2.43. The monoisotopic (exact) mass is 276 g/mol. The third kappa shape index (κ3) is 4.53. The molecule has 4 heteroatoms. The van der Waals surface area contributed by atoms with Gasteiger partial charge in [0.15, 0.2) is 0 Å². The summed E-state index contributed by atoms with van der Waals surface area (Å²) in [6.45, 7) is 8.34. The highest BCUT2D eigenvalue weighted by Gasteiger charge is 2.13. The zero-order chi connectivity index (χ0) is 14.4. The van der Waals surface area contributed by atoms with E-state index < -0.39 is 0 Å². The van der Waals surface area contributed by atoms with Gasteiger partial charge in [0.2, 0.25) is 0 Å². The van der Waals surface area contributed by atoms with Gasteiger partial charge in [-0.3, -0.25) is 0 Å². The molecular formula is C16H26N3O+. The molecule has 0 unspecified atom stereocenters.